The lowest BCUT2D eigenvalue weighted by Crippen LogP contribution is -2.43. The average Bonchev–Trinajstić information content (AvgIpc) is 2.60. The molecule has 14 heavy (non-hydrogen) atoms. The van der Waals surface area contributed by atoms with Crippen molar-refractivity contribution in [1.82, 2.24) is 0 Å². The molecule has 0 bridgehead atoms. The molecule has 0 aromatic heterocycles. The van der Waals surface area contributed by atoms with Gasteiger partial charge in [0.1, 0.15) is 4.87 Å². The normalized spacial score (nSPS) is 29.3. The summed E-state index contributed by atoms with van der Waals surface area (Å²) in [6.45, 7) is 1.26. The Balaban J connectivity index is 2.01. The summed E-state index contributed by atoms with van der Waals surface area (Å²) in [5.41, 5.74) is 0. The number of hydrogen-bond acceptors (Lipinski definition) is 3. The Morgan fingerprint density at radius 1 is 1.07 bits per heavy atom. The van der Waals surface area contributed by atoms with E-state index >= 15 is 0 Å². The van der Waals surface area contributed by atoms with Gasteiger partial charge in [0, 0.05) is 12.8 Å². The fraction of sp³-hybridized carbons (Fsp3) is 0.889. The third-order valence-electron chi connectivity index (χ3n) is 2.97. The molecule has 1 aliphatic carbocycles. The molecule has 0 amide bonds. The van der Waals surface area contributed by atoms with Gasteiger partial charge < -0.3 is 9.47 Å². The number of alkyl halides is 1. The van der Waals surface area contributed by atoms with Crippen LogP contribution in [0, 0.1) is 0 Å². The molecule has 1 saturated carbocycles. The Kier molecular flexibility index (Phi) is 2.77. The zero-order valence-corrected chi connectivity index (χ0v) is 9.24. The van der Waals surface area contributed by atoms with Gasteiger partial charge in [-0.25, -0.2) is 0 Å². The highest BCUT2D eigenvalue weighted by atomic mass is 35.5. The minimum absolute atomic E-state index is 0.466. The summed E-state index contributed by atoms with van der Waals surface area (Å²) in [6.07, 6.45) is 2.34. The summed E-state index contributed by atoms with van der Waals surface area (Å²) in [4.78, 5) is 10.2. The lowest BCUT2D eigenvalue weighted by Gasteiger charge is -2.37. The van der Waals surface area contributed by atoms with Crippen molar-refractivity contribution in [3.63, 3.8) is 0 Å². The van der Waals surface area contributed by atoms with E-state index in [1.54, 1.807) is 0 Å². The maximum absolute atomic E-state index is 11.1. The minimum atomic E-state index is -0.901. The van der Waals surface area contributed by atoms with E-state index in [0.717, 1.165) is 0 Å². The van der Waals surface area contributed by atoms with Crippen LogP contribution in [0.15, 0.2) is 0 Å². The van der Waals surface area contributed by atoms with Crippen LogP contribution in [-0.4, -0.2) is 29.1 Å². The molecule has 80 valence electrons. The van der Waals surface area contributed by atoms with Crippen molar-refractivity contribution in [2.45, 2.75) is 36.3 Å². The Hall–Kier alpha value is 0.170. The first-order chi connectivity index (χ1) is 6.56. The molecular weight excluding hydrogens is 227 g/mol. The van der Waals surface area contributed by atoms with E-state index in [-0.39, 0.29) is 0 Å². The second-order valence-corrected chi connectivity index (χ2v) is 4.91. The van der Waals surface area contributed by atoms with Gasteiger partial charge in [0.15, 0.2) is 5.79 Å². The summed E-state index contributed by atoms with van der Waals surface area (Å²) < 4.78 is 11.0. The molecule has 1 saturated heterocycles. The van der Waals surface area contributed by atoms with E-state index in [1.165, 1.54) is 0 Å². The zero-order chi connectivity index (χ0) is 10.2. The average molecular weight is 239 g/mol. The van der Waals surface area contributed by atoms with Crippen molar-refractivity contribution in [3.05, 3.63) is 0 Å². The molecule has 2 aliphatic rings. The molecule has 1 heterocycles. The fourth-order valence-electron chi connectivity index (χ4n) is 2.01. The molecule has 2 rings (SSSR count). The summed E-state index contributed by atoms with van der Waals surface area (Å²) in [7, 11) is 0. The van der Waals surface area contributed by atoms with Gasteiger partial charge in [-0.05, 0) is 24.4 Å². The molecule has 0 radical (unpaired) electrons. The SMILES string of the molecule is O=C(Cl)C1(Cl)CCC2(CC1)OCCO2. The van der Waals surface area contributed by atoms with Gasteiger partial charge in [-0.2, -0.15) is 0 Å². The van der Waals surface area contributed by atoms with Crippen molar-refractivity contribution >= 4 is 28.4 Å². The molecular formula is C9H12Cl2O3. The first-order valence-electron chi connectivity index (χ1n) is 4.73. The lowest BCUT2D eigenvalue weighted by molar-refractivity contribution is -0.180. The van der Waals surface area contributed by atoms with Crippen LogP contribution in [0.1, 0.15) is 25.7 Å². The largest absolute Gasteiger partial charge is 0.348 e. The molecule has 3 nitrogen and oxygen atoms in total. The van der Waals surface area contributed by atoms with Crippen LogP contribution in [0.4, 0.5) is 0 Å². The maximum Gasteiger partial charge on any atom is 0.242 e. The van der Waals surface area contributed by atoms with E-state index in [1.807, 2.05) is 0 Å². The van der Waals surface area contributed by atoms with Gasteiger partial charge in [0.25, 0.3) is 0 Å². The van der Waals surface area contributed by atoms with Gasteiger partial charge in [0.05, 0.1) is 13.2 Å². The molecule has 0 aromatic carbocycles. The first kappa shape index (κ1) is 10.7. The highest BCUT2D eigenvalue weighted by Gasteiger charge is 2.48. The van der Waals surface area contributed by atoms with Gasteiger partial charge in [-0.15, -0.1) is 11.6 Å². The Morgan fingerprint density at radius 3 is 2.00 bits per heavy atom. The highest BCUT2D eigenvalue weighted by molar-refractivity contribution is 6.70. The predicted octanol–water partition coefficient (Wildman–Crippen LogP) is 2.05. The third-order valence-corrected chi connectivity index (χ3v) is 3.98. The predicted molar refractivity (Wildman–Crippen MR) is 52.5 cm³/mol. The van der Waals surface area contributed by atoms with Crippen molar-refractivity contribution in [2.75, 3.05) is 13.2 Å². The fourth-order valence-corrected chi connectivity index (χ4v) is 2.39. The number of carbonyl (C=O) groups excluding carboxylic acids is 1. The monoisotopic (exact) mass is 238 g/mol. The van der Waals surface area contributed by atoms with Gasteiger partial charge in [-0.3, -0.25) is 4.79 Å². The molecule has 1 spiro atoms. The van der Waals surface area contributed by atoms with Crippen LogP contribution in [-0.2, 0) is 14.3 Å². The quantitative estimate of drug-likeness (QED) is 0.519. The highest BCUT2D eigenvalue weighted by Crippen LogP contribution is 2.44. The van der Waals surface area contributed by atoms with E-state index < -0.39 is 15.9 Å². The standard InChI is InChI=1S/C9H12Cl2O3/c10-7(12)8(11)1-3-9(4-2-8)13-5-6-14-9/h1-6H2. The van der Waals surface area contributed by atoms with E-state index in [2.05, 4.69) is 0 Å². The second-order valence-electron chi connectivity index (χ2n) is 3.85. The third kappa shape index (κ3) is 1.78. The number of rotatable bonds is 1. The van der Waals surface area contributed by atoms with Crippen molar-refractivity contribution in [1.29, 1.82) is 0 Å². The zero-order valence-electron chi connectivity index (χ0n) is 7.72. The van der Waals surface area contributed by atoms with Crippen molar-refractivity contribution in [3.8, 4) is 0 Å². The van der Waals surface area contributed by atoms with E-state index in [0.29, 0.717) is 38.9 Å². The van der Waals surface area contributed by atoms with Crippen molar-refractivity contribution in [2.24, 2.45) is 0 Å². The first-order valence-corrected chi connectivity index (χ1v) is 5.49. The molecule has 0 unspecified atom stereocenters. The Labute approximate surface area is 92.6 Å². The number of carbonyl (C=O) groups is 1. The molecule has 0 N–H and O–H groups in total. The van der Waals surface area contributed by atoms with Crippen LogP contribution in [0.3, 0.4) is 0 Å². The maximum atomic E-state index is 11.1. The smallest absolute Gasteiger partial charge is 0.242 e. The number of halogens is 2. The van der Waals surface area contributed by atoms with Gasteiger partial charge in [-0.1, -0.05) is 0 Å². The summed E-state index contributed by atoms with van der Waals surface area (Å²) in [6, 6.07) is 0. The molecule has 0 aromatic rings. The summed E-state index contributed by atoms with van der Waals surface area (Å²) in [5.74, 6) is -0.481. The summed E-state index contributed by atoms with van der Waals surface area (Å²) >= 11 is 11.5. The molecule has 1 aliphatic heterocycles. The Bertz CT molecular complexity index is 238. The molecule has 5 heteroatoms. The van der Waals surface area contributed by atoms with Crippen LogP contribution in [0.25, 0.3) is 0 Å². The minimum Gasteiger partial charge on any atom is -0.348 e. The second kappa shape index (κ2) is 3.63. The van der Waals surface area contributed by atoms with Gasteiger partial charge >= 0.3 is 0 Å². The number of hydrogen-bond donors (Lipinski definition) is 0. The van der Waals surface area contributed by atoms with Gasteiger partial charge in [0.2, 0.25) is 5.24 Å². The van der Waals surface area contributed by atoms with Crippen LogP contribution < -0.4 is 0 Å². The van der Waals surface area contributed by atoms with E-state index in [9.17, 15) is 4.79 Å². The topological polar surface area (TPSA) is 35.5 Å². The molecule has 0 atom stereocenters. The van der Waals surface area contributed by atoms with Crippen LogP contribution in [0.5, 0.6) is 0 Å². The Morgan fingerprint density at radius 2 is 1.57 bits per heavy atom. The van der Waals surface area contributed by atoms with E-state index in [4.69, 9.17) is 32.7 Å². The lowest BCUT2D eigenvalue weighted by atomic mass is 9.85. The van der Waals surface area contributed by atoms with Crippen LogP contribution >= 0.6 is 23.2 Å². The molecule has 2 fully saturated rings. The summed E-state index contributed by atoms with van der Waals surface area (Å²) in [5, 5.41) is -0.466. The van der Waals surface area contributed by atoms with Crippen LogP contribution in [0.2, 0.25) is 0 Å². The van der Waals surface area contributed by atoms with Crippen molar-refractivity contribution < 1.29 is 14.3 Å². The number of ether oxygens (including phenoxy) is 2.